The molecule has 0 aliphatic carbocycles. The quantitative estimate of drug-likeness (QED) is 0.818. The van der Waals surface area contributed by atoms with Crippen LogP contribution in [0.25, 0.3) is 0 Å². The van der Waals surface area contributed by atoms with E-state index in [-0.39, 0.29) is 18.1 Å². The number of hydrogen-bond donors (Lipinski definition) is 2. The van der Waals surface area contributed by atoms with Crippen LogP contribution in [0.2, 0.25) is 0 Å². The first kappa shape index (κ1) is 16.6. The number of carboxylic acids is 1. The Hall–Kier alpha value is -2.48. The number of aromatic carboxylic acids is 1. The predicted molar refractivity (Wildman–Crippen MR) is 82.6 cm³/mol. The minimum absolute atomic E-state index is 0.0815. The highest BCUT2D eigenvalue weighted by Gasteiger charge is 2.18. The zero-order valence-corrected chi connectivity index (χ0v) is 12.6. The van der Waals surface area contributed by atoms with Gasteiger partial charge in [0.15, 0.2) is 0 Å². The number of hydrogen-bond acceptors (Lipinski definition) is 2. The van der Waals surface area contributed by atoms with Crippen molar-refractivity contribution in [1.82, 2.24) is 4.90 Å². The normalized spacial score (nSPS) is 9.81. The van der Waals surface area contributed by atoms with Crippen LogP contribution < -0.4 is 5.32 Å². The SMILES string of the molecule is C#CCN(CCC)C(=O)Nc1c(C)cc(C)cc1C(=O)O. The lowest BCUT2D eigenvalue weighted by Gasteiger charge is -2.21. The number of terminal acetylenes is 1. The molecule has 0 unspecified atom stereocenters. The fraction of sp³-hybridized carbons (Fsp3) is 0.375. The molecule has 0 saturated carbocycles. The van der Waals surface area contributed by atoms with Gasteiger partial charge in [0.05, 0.1) is 17.8 Å². The van der Waals surface area contributed by atoms with E-state index in [1.165, 1.54) is 11.0 Å². The van der Waals surface area contributed by atoms with Crippen molar-refractivity contribution in [1.29, 1.82) is 0 Å². The first-order valence-electron chi connectivity index (χ1n) is 6.74. The van der Waals surface area contributed by atoms with Crippen LogP contribution in [0.5, 0.6) is 0 Å². The summed E-state index contributed by atoms with van der Waals surface area (Å²) in [5.41, 5.74) is 1.93. The number of carbonyl (C=O) groups is 2. The second-order valence-electron chi connectivity index (χ2n) is 4.87. The highest BCUT2D eigenvalue weighted by molar-refractivity contribution is 6.01. The van der Waals surface area contributed by atoms with Gasteiger partial charge in [0, 0.05) is 6.54 Å². The van der Waals surface area contributed by atoms with E-state index >= 15 is 0 Å². The van der Waals surface area contributed by atoms with Gasteiger partial charge < -0.3 is 15.3 Å². The minimum atomic E-state index is -1.07. The summed E-state index contributed by atoms with van der Waals surface area (Å²) in [5, 5.41) is 11.9. The monoisotopic (exact) mass is 288 g/mol. The second kappa shape index (κ2) is 7.34. The molecule has 0 spiro atoms. The summed E-state index contributed by atoms with van der Waals surface area (Å²) in [6.45, 7) is 6.22. The van der Waals surface area contributed by atoms with Crippen molar-refractivity contribution in [2.24, 2.45) is 0 Å². The highest BCUT2D eigenvalue weighted by atomic mass is 16.4. The molecule has 1 aromatic carbocycles. The molecule has 0 radical (unpaired) electrons. The van der Waals surface area contributed by atoms with E-state index in [9.17, 15) is 14.7 Å². The fourth-order valence-corrected chi connectivity index (χ4v) is 2.12. The van der Waals surface area contributed by atoms with Crippen LogP contribution in [-0.4, -0.2) is 35.1 Å². The van der Waals surface area contributed by atoms with Gasteiger partial charge in [-0.3, -0.25) is 0 Å². The number of aryl methyl sites for hydroxylation is 2. The maximum absolute atomic E-state index is 12.2. The molecule has 2 N–H and O–H groups in total. The molecule has 0 fully saturated rings. The number of benzene rings is 1. The van der Waals surface area contributed by atoms with Crippen molar-refractivity contribution in [3.05, 3.63) is 28.8 Å². The molecule has 0 atom stereocenters. The number of amides is 2. The molecule has 0 aliphatic rings. The third-order valence-corrected chi connectivity index (χ3v) is 3.01. The zero-order valence-electron chi connectivity index (χ0n) is 12.6. The van der Waals surface area contributed by atoms with Crippen molar-refractivity contribution in [2.45, 2.75) is 27.2 Å². The molecule has 0 heterocycles. The van der Waals surface area contributed by atoms with Gasteiger partial charge >= 0.3 is 12.0 Å². The van der Waals surface area contributed by atoms with Crippen molar-refractivity contribution in [3.63, 3.8) is 0 Å². The number of urea groups is 1. The summed E-state index contributed by atoms with van der Waals surface area (Å²) < 4.78 is 0. The van der Waals surface area contributed by atoms with Gasteiger partial charge in [0.2, 0.25) is 0 Å². The lowest BCUT2D eigenvalue weighted by molar-refractivity contribution is 0.0698. The van der Waals surface area contributed by atoms with E-state index in [0.29, 0.717) is 17.8 Å². The topological polar surface area (TPSA) is 69.6 Å². The van der Waals surface area contributed by atoms with Crippen molar-refractivity contribution in [2.75, 3.05) is 18.4 Å². The average Bonchev–Trinajstić information content (AvgIpc) is 2.40. The summed E-state index contributed by atoms with van der Waals surface area (Å²) >= 11 is 0. The van der Waals surface area contributed by atoms with Gasteiger partial charge in [-0.15, -0.1) is 6.42 Å². The lowest BCUT2D eigenvalue weighted by atomic mass is 10.0. The maximum Gasteiger partial charge on any atom is 0.337 e. The molecule has 0 aliphatic heterocycles. The Morgan fingerprint density at radius 1 is 1.38 bits per heavy atom. The summed E-state index contributed by atoms with van der Waals surface area (Å²) in [6, 6.07) is 2.98. The summed E-state index contributed by atoms with van der Waals surface area (Å²) in [4.78, 5) is 25.0. The van der Waals surface area contributed by atoms with Gasteiger partial charge in [-0.05, 0) is 37.5 Å². The summed E-state index contributed by atoms with van der Waals surface area (Å²) in [7, 11) is 0. The molecular formula is C16H20N2O3. The molecule has 21 heavy (non-hydrogen) atoms. The van der Waals surface area contributed by atoms with Crippen molar-refractivity contribution in [3.8, 4) is 12.3 Å². The number of anilines is 1. The van der Waals surface area contributed by atoms with Crippen molar-refractivity contribution < 1.29 is 14.7 Å². The Kier molecular flexibility index (Phi) is 5.79. The van der Waals surface area contributed by atoms with Crippen LogP contribution in [0, 0.1) is 26.2 Å². The van der Waals surface area contributed by atoms with Crippen LogP contribution in [0.4, 0.5) is 10.5 Å². The third-order valence-electron chi connectivity index (χ3n) is 3.01. The Morgan fingerprint density at radius 2 is 2.05 bits per heavy atom. The van der Waals surface area contributed by atoms with Crippen molar-refractivity contribution >= 4 is 17.7 Å². The molecule has 0 bridgehead atoms. The molecule has 112 valence electrons. The van der Waals surface area contributed by atoms with Gasteiger partial charge in [-0.2, -0.15) is 0 Å². The lowest BCUT2D eigenvalue weighted by Crippen LogP contribution is -2.36. The second-order valence-corrected chi connectivity index (χ2v) is 4.87. The van der Waals surface area contributed by atoms with Crippen LogP contribution >= 0.6 is 0 Å². The first-order valence-corrected chi connectivity index (χ1v) is 6.74. The Labute approximate surface area is 125 Å². The molecule has 5 heteroatoms. The number of rotatable bonds is 5. The molecule has 1 rings (SSSR count). The molecule has 0 saturated heterocycles. The molecular weight excluding hydrogens is 268 g/mol. The summed E-state index contributed by atoms with van der Waals surface area (Å²) in [5.74, 6) is 1.36. The van der Waals surface area contributed by atoms with Crippen LogP contribution in [0.15, 0.2) is 12.1 Å². The Morgan fingerprint density at radius 3 is 2.57 bits per heavy atom. The van der Waals surface area contributed by atoms with E-state index in [1.54, 1.807) is 6.92 Å². The third kappa shape index (κ3) is 4.25. The summed E-state index contributed by atoms with van der Waals surface area (Å²) in [6.07, 6.45) is 6.02. The Balaban J connectivity index is 3.09. The van der Waals surface area contributed by atoms with Crippen LogP contribution in [0.1, 0.15) is 34.8 Å². The number of nitrogens with zero attached hydrogens (tertiary/aromatic N) is 1. The molecule has 0 aromatic heterocycles. The Bertz CT molecular complexity index is 588. The molecule has 2 amide bonds. The van der Waals surface area contributed by atoms with Gasteiger partial charge in [0.1, 0.15) is 0 Å². The van der Waals surface area contributed by atoms with E-state index in [1.807, 2.05) is 19.9 Å². The first-order chi connectivity index (χ1) is 9.90. The van der Waals surface area contributed by atoms with E-state index < -0.39 is 5.97 Å². The van der Waals surface area contributed by atoms with Gasteiger partial charge in [-0.25, -0.2) is 9.59 Å². The standard InChI is InChI=1S/C16H20N2O3/c1-5-7-18(8-6-2)16(21)17-14-12(4)9-11(3)10-13(14)15(19)20/h1,9-10H,6-8H2,2-4H3,(H,17,21)(H,19,20). The minimum Gasteiger partial charge on any atom is -0.478 e. The van der Waals surface area contributed by atoms with Gasteiger partial charge in [-0.1, -0.05) is 18.9 Å². The number of nitrogens with one attached hydrogen (secondary N) is 1. The molecule has 5 nitrogen and oxygen atoms in total. The maximum atomic E-state index is 12.2. The van der Waals surface area contributed by atoms with Crippen LogP contribution in [0.3, 0.4) is 0 Å². The van der Waals surface area contributed by atoms with Gasteiger partial charge in [0.25, 0.3) is 0 Å². The molecule has 1 aromatic rings. The van der Waals surface area contributed by atoms with E-state index in [2.05, 4.69) is 11.2 Å². The van der Waals surface area contributed by atoms with E-state index in [4.69, 9.17) is 6.42 Å². The number of carbonyl (C=O) groups excluding carboxylic acids is 1. The smallest absolute Gasteiger partial charge is 0.337 e. The predicted octanol–water partition coefficient (Wildman–Crippen LogP) is 2.88. The van der Waals surface area contributed by atoms with Crippen LogP contribution in [-0.2, 0) is 0 Å². The fourth-order valence-electron chi connectivity index (χ4n) is 2.12. The average molecular weight is 288 g/mol. The largest absolute Gasteiger partial charge is 0.478 e. The van der Waals surface area contributed by atoms with E-state index in [0.717, 1.165) is 12.0 Å². The zero-order chi connectivity index (χ0) is 16.0. The highest BCUT2D eigenvalue weighted by Crippen LogP contribution is 2.23. The number of carboxylic acid groups (broad SMARTS) is 1.